The van der Waals surface area contributed by atoms with Gasteiger partial charge in [0, 0.05) is 53.1 Å². The van der Waals surface area contributed by atoms with Crippen molar-refractivity contribution in [1.82, 2.24) is 20.0 Å². The number of carbonyl (C=O) groups is 1. The predicted molar refractivity (Wildman–Crippen MR) is 108 cm³/mol. The molecule has 0 saturated carbocycles. The zero-order chi connectivity index (χ0) is 18.9. The molecular weight excluding hydrogens is 372 g/mol. The zero-order valence-corrected chi connectivity index (χ0v) is 16.1. The van der Waals surface area contributed by atoms with E-state index in [4.69, 9.17) is 4.52 Å². The number of piperidine rings is 1. The molecule has 0 aliphatic carbocycles. The summed E-state index contributed by atoms with van der Waals surface area (Å²) in [6.45, 7) is 1.52. The largest absolute Gasteiger partial charge is 0.361 e. The molecule has 1 amide bonds. The lowest BCUT2D eigenvalue weighted by molar-refractivity contribution is 0.0668. The highest BCUT2D eigenvalue weighted by atomic mass is 32.1. The summed E-state index contributed by atoms with van der Waals surface area (Å²) < 4.78 is 5.45. The molecule has 4 heterocycles. The Bertz CT molecular complexity index is 1100. The van der Waals surface area contributed by atoms with Crippen LogP contribution >= 0.6 is 11.3 Å². The number of thiophene rings is 1. The zero-order valence-electron chi connectivity index (χ0n) is 15.3. The highest BCUT2D eigenvalue weighted by Gasteiger charge is 2.26. The summed E-state index contributed by atoms with van der Waals surface area (Å²) in [5.74, 6) is 1.72. The summed E-state index contributed by atoms with van der Waals surface area (Å²) in [6.07, 6.45) is 4.66. The van der Waals surface area contributed by atoms with Gasteiger partial charge in [0.1, 0.15) is 0 Å². The summed E-state index contributed by atoms with van der Waals surface area (Å²) in [4.78, 5) is 22.6. The van der Waals surface area contributed by atoms with Crippen LogP contribution in [0.5, 0.6) is 0 Å². The number of likely N-dealkylation sites (tertiary alicyclic amines) is 1. The van der Waals surface area contributed by atoms with Crippen molar-refractivity contribution in [3.63, 3.8) is 0 Å². The first-order chi connectivity index (χ1) is 13.8. The fraction of sp³-hybridized carbons (Fsp3) is 0.286. The van der Waals surface area contributed by atoms with Gasteiger partial charge in [-0.1, -0.05) is 5.16 Å². The minimum absolute atomic E-state index is 0.0947. The van der Waals surface area contributed by atoms with E-state index in [9.17, 15) is 4.79 Å². The number of amides is 1. The molecule has 1 N–H and O–H groups in total. The second kappa shape index (κ2) is 7.24. The molecule has 1 aliphatic rings. The number of H-pyrrole nitrogens is 1. The molecule has 0 radical (unpaired) electrons. The van der Waals surface area contributed by atoms with Crippen LogP contribution in [0.15, 0.2) is 51.8 Å². The van der Waals surface area contributed by atoms with Crippen LogP contribution in [0.1, 0.15) is 29.1 Å². The molecule has 3 aromatic heterocycles. The third-order valence-corrected chi connectivity index (χ3v) is 6.00. The average molecular weight is 392 g/mol. The number of fused-ring (bicyclic) bond motifs is 1. The Morgan fingerprint density at radius 1 is 1.32 bits per heavy atom. The number of carbonyl (C=O) groups excluding carboxylic acids is 1. The van der Waals surface area contributed by atoms with Gasteiger partial charge in [-0.15, -0.1) is 0 Å². The summed E-state index contributed by atoms with van der Waals surface area (Å²) in [5.41, 5.74) is 2.77. The molecule has 0 spiro atoms. The first kappa shape index (κ1) is 17.2. The number of aromatic nitrogens is 3. The molecule has 1 fully saturated rings. The molecule has 0 unspecified atom stereocenters. The minimum Gasteiger partial charge on any atom is -0.361 e. The molecule has 7 heteroatoms. The Labute approximate surface area is 166 Å². The lowest BCUT2D eigenvalue weighted by Crippen LogP contribution is -2.40. The molecule has 6 nitrogen and oxygen atoms in total. The molecule has 142 valence electrons. The normalized spacial score (nSPS) is 17.3. The van der Waals surface area contributed by atoms with Crippen LogP contribution in [0, 0.1) is 5.92 Å². The fourth-order valence-electron chi connectivity index (χ4n) is 3.88. The van der Waals surface area contributed by atoms with Crippen LogP contribution in [0.25, 0.3) is 22.3 Å². The molecule has 4 aromatic rings. The van der Waals surface area contributed by atoms with Crippen molar-refractivity contribution in [3.8, 4) is 11.4 Å². The molecule has 0 bridgehead atoms. The van der Waals surface area contributed by atoms with E-state index in [1.165, 1.54) is 0 Å². The topological polar surface area (TPSA) is 75.0 Å². The summed E-state index contributed by atoms with van der Waals surface area (Å²) in [7, 11) is 0. The van der Waals surface area contributed by atoms with E-state index in [0.717, 1.165) is 48.0 Å². The van der Waals surface area contributed by atoms with E-state index in [1.807, 2.05) is 52.2 Å². The molecule has 1 aliphatic heterocycles. The quantitative estimate of drug-likeness (QED) is 0.559. The van der Waals surface area contributed by atoms with Crippen LogP contribution in [0.4, 0.5) is 0 Å². The van der Waals surface area contributed by atoms with Gasteiger partial charge in [0.25, 0.3) is 5.91 Å². The summed E-state index contributed by atoms with van der Waals surface area (Å²) in [5, 5.41) is 9.16. The van der Waals surface area contributed by atoms with Crippen molar-refractivity contribution in [3.05, 3.63) is 58.7 Å². The lowest BCUT2D eigenvalue weighted by Gasteiger charge is -2.32. The van der Waals surface area contributed by atoms with Gasteiger partial charge in [-0.2, -0.15) is 16.3 Å². The first-order valence-corrected chi connectivity index (χ1v) is 10.4. The van der Waals surface area contributed by atoms with Gasteiger partial charge in [0.2, 0.25) is 11.7 Å². The standard InChI is InChI=1S/C21H20N4O2S/c26-21(16-3-4-18-15(11-16)5-7-22-18)25-8-1-2-14(12-25)10-19-23-20(24-27-19)17-6-9-28-13-17/h3-7,9,11,13-14,22H,1-2,8,10,12H2/t14-/m1/s1. The van der Waals surface area contributed by atoms with E-state index in [-0.39, 0.29) is 5.91 Å². The third kappa shape index (κ3) is 3.33. The number of rotatable bonds is 4. The summed E-state index contributed by atoms with van der Waals surface area (Å²) in [6, 6.07) is 9.81. The maximum absolute atomic E-state index is 13.0. The summed E-state index contributed by atoms with van der Waals surface area (Å²) >= 11 is 1.61. The number of nitrogens with one attached hydrogen (secondary N) is 1. The monoisotopic (exact) mass is 392 g/mol. The molecule has 1 aromatic carbocycles. The van der Waals surface area contributed by atoms with Crippen molar-refractivity contribution in [1.29, 1.82) is 0 Å². The van der Waals surface area contributed by atoms with Crippen LogP contribution in [-0.2, 0) is 6.42 Å². The Morgan fingerprint density at radius 2 is 2.29 bits per heavy atom. The maximum atomic E-state index is 13.0. The molecule has 5 rings (SSSR count). The number of benzene rings is 1. The number of aromatic amines is 1. The SMILES string of the molecule is O=C(c1ccc2[nH]ccc2c1)N1CCC[C@H](Cc2nc(-c3ccsc3)no2)C1. The van der Waals surface area contributed by atoms with Crippen LogP contribution in [0.3, 0.4) is 0 Å². The van der Waals surface area contributed by atoms with Crippen LogP contribution in [0.2, 0.25) is 0 Å². The number of hydrogen-bond donors (Lipinski definition) is 1. The van der Waals surface area contributed by atoms with E-state index in [0.29, 0.717) is 24.1 Å². The lowest BCUT2D eigenvalue weighted by atomic mass is 9.94. The van der Waals surface area contributed by atoms with Gasteiger partial charge in [-0.05, 0) is 54.5 Å². The van der Waals surface area contributed by atoms with Gasteiger partial charge in [-0.3, -0.25) is 4.79 Å². The molecule has 1 saturated heterocycles. The number of nitrogens with zero attached hydrogens (tertiary/aromatic N) is 3. The molecule has 28 heavy (non-hydrogen) atoms. The highest BCUT2D eigenvalue weighted by molar-refractivity contribution is 7.08. The third-order valence-electron chi connectivity index (χ3n) is 5.32. The first-order valence-electron chi connectivity index (χ1n) is 9.48. The van der Waals surface area contributed by atoms with E-state index >= 15 is 0 Å². The van der Waals surface area contributed by atoms with Gasteiger partial charge in [0.15, 0.2) is 0 Å². The second-order valence-corrected chi connectivity index (χ2v) is 8.05. The van der Waals surface area contributed by atoms with E-state index in [1.54, 1.807) is 11.3 Å². The second-order valence-electron chi connectivity index (χ2n) is 7.27. The Morgan fingerprint density at radius 3 is 3.18 bits per heavy atom. The van der Waals surface area contributed by atoms with Gasteiger partial charge in [-0.25, -0.2) is 0 Å². The minimum atomic E-state index is 0.0947. The Kier molecular flexibility index (Phi) is 4.44. The fourth-order valence-corrected chi connectivity index (χ4v) is 4.51. The van der Waals surface area contributed by atoms with Crippen molar-refractivity contribution in [2.75, 3.05) is 13.1 Å². The van der Waals surface area contributed by atoms with Gasteiger partial charge < -0.3 is 14.4 Å². The van der Waals surface area contributed by atoms with E-state index in [2.05, 4.69) is 15.1 Å². The Balaban J connectivity index is 1.27. The molecular formula is C21H20N4O2S. The van der Waals surface area contributed by atoms with Crippen LogP contribution in [-0.4, -0.2) is 39.0 Å². The smallest absolute Gasteiger partial charge is 0.253 e. The van der Waals surface area contributed by atoms with Gasteiger partial charge in [0.05, 0.1) is 0 Å². The van der Waals surface area contributed by atoms with Crippen LogP contribution < -0.4 is 0 Å². The van der Waals surface area contributed by atoms with Crippen molar-refractivity contribution in [2.24, 2.45) is 5.92 Å². The van der Waals surface area contributed by atoms with E-state index < -0.39 is 0 Å². The van der Waals surface area contributed by atoms with Gasteiger partial charge >= 0.3 is 0 Å². The predicted octanol–water partition coefficient (Wildman–Crippen LogP) is 4.37. The highest BCUT2D eigenvalue weighted by Crippen LogP contribution is 2.25. The van der Waals surface area contributed by atoms with Crippen molar-refractivity contribution >= 4 is 28.1 Å². The van der Waals surface area contributed by atoms with Crippen molar-refractivity contribution < 1.29 is 9.32 Å². The average Bonchev–Trinajstić information content (AvgIpc) is 3.47. The Hall–Kier alpha value is -2.93. The molecule has 1 atom stereocenters. The number of hydrogen-bond acceptors (Lipinski definition) is 5. The van der Waals surface area contributed by atoms with Crippen molar-refractivity contribution in [2.45, 2.75) is 19.3 Å². The maximum Gasteiger partial charge on any atom is 0.253 e.